The van der Waals surface area contributed by atoms with Gasteiger partial charge in [0.15, 0.2) is 0 Å². The van der Waals surface area contributed by atoms with Crippen LogP contribution in [-0.4, -0.2) is 5.79 Å². The van der Waals surface area contributed by atoms with Gasteiger partial charge in [-0.25, -0.2) is 0 Å². The summed E-state index contributed by atoms with van der Waals surface area (Å²) in [5.74, 6) is 6.50. The van der Waals surface area contributed by atoms with E-state index in [-0.39, 0.29) is 0 Å². The Morgan fingerprint density at radius 1 is 1.38 bits per heavy atom. The summed E-state index contributed by atoms with van der Waals surface area (Å²) in [4.78, 5) is 0. The van der Waals surface area contributed by atoms with Gasteiger partial charge < -0.3 is 9.47 Å². The standard InChI is InChI=1S/C11H16O2/c1-4-5-6-7-8-10-9-12-11(2,3)13-10/h9H,4,7-8H2,1-3H3. The van der Waals surface area contributed by atoms with Crippen molar-refractivity contribution >= 4 is 0 Å². The van der Waals surface area contributed by atoms with Crippen LogP contribution in [-0.2, 0) is 9.47 Å². The zero-order chi connectivity index (χ0) is 9.73. The van der Waals surface area contributed by atoms with Crippen LogP contribution in [0.15, 0.2) is 12.0 Å². The van der Waals surface area contributed by atoms with Gasteiger partial charge in [0.05, 0.1) is 0 Å². The smallest absolute Gasteiger partial charge is 0.244 e. The molecule has 0 fully saturated rings. The molecule has 1 rings (SSSR count). The average molecular weight is 180 g/mol. The van der Waals surface area contributed by atoms with Gasteiger partial charge in [-0.3, -0.25) is 0 Å². The van der Waals surface area contributed by atoms with Crippen LogP contribution in [0.25, 0.3) is 0 Å². The Bertz CT molecular complexity index is 253. The summed E-state index contributed by atoms with van der Waals surface area (Å²) in [6.07, 6.45) is 4.30. The molecule has 2 heteroatoms. The highest BCUT2D eigenvalue weighted by Crippen LogP contribution is 2.26. The maximum absolute atomic E-state index is 5.50. The zero-order valence-corrected chi connectivity index (χ0v) is 8.52. The van der Waals surface area contributed by atoms with Crippen LogP contribution >= 0.6 is 0 Å². The van der Waals surface area contributed by atoms with Gasteiger partial charge in [0.25, 0.3) is 0 Å². The van der Waals surface area contributed by atoms with E-state index < -0.39 is 5.79 Å². The van der Waals surface area contributed by atoms with Crippen molar-refractivity contribution in [3.8, 4) is 11.8 Å². The van der Waals surface area contributed by atoms with Crippen molar-refractivity contribution in [3.63, 3.8) is 0 Å². The maximum Gasteiger partial charge on any atom is 0.244 e. The minimum atomic E-state index is -0.479. The van der Waals surface area contributed by atoms with Crippen molar-refractivity contribution in [3.05, 3.63) is 12.0 Å². The first-order valence-electron chi connectivity index (χ1n) is 4.65. The lowest BCUT2D eigenvalue weighted by Gasteiger charge is -2.17. The van der Waals surface area contributed by atoms with Gasteiger partial charge in [-0.15, -0.1) is 11.8 Å². The van der Waals surface area contributed by atoms with E-state index in [4.69, 9.17) is 9.47 Å². The molecule has 1 aliphatic rings. The van der Waals surface area contributed by atoms with E-state index in [2.05, 4.69) is 11.8 Å². The number of ether oxygens (including phenoxy) is 2. The summed E-state index contributed by atoms with van der Waals surface area (Å²) < 4.78 is 10.8. The van der Waals surface area contributed by atoms with Gasteiger partial charge in [-0.05, 0) is 0 Å². The highest BCUT2D eigenvalue weighted by atomic mass is 16.7. The maximum atomic E-state index is 5.50. The average Bonchev–Trinajstić information content (AvgIpc) is 2.40. The molecule has 0 saturated carbocycles. The normalized spacial score (nSPS) is 17.9. The number of hydrogen-bond donors (Lipinski definition) is 0. The fourth-order valence-corrected chi connectivity index (χ4v) is 1.08. The van der Waals surface area contributed by atoms with Crippen LogP contribution in [0.1, 0.15) is 40.0 Å². The SMILES string of the molecule is CCC#CCCC1=COC(C)(C)O1. The third kappa shape index (κ3) is 3.42. The summed E-state index contributed by atoms with van der Waals surface area (Å²) in [5, 5.41) is 0. The lowest BCUT2D eigenvalue weighted by atomic mass is 10.2. The molecule has 2 nitrogen and oxygen atoms in total. The van der Waals surface area contributed by atoms with Crippen LogP contribution in [0.3, 0.4) is 0 Å². The molecule has 0 unspecified atom stereocenters. The summed E-state index contributed by atoms with van der Waals surface area (Å²) in [7, 11) is 0. The largest absolute Gasteiger partial charge is 0.457 e. The first-order valence-corrected chi connectivity index (χ1v) is 4.65. The van der Waals surface area contributed by atoms with Gasteiger partial charge in [0.2, 0.25) is 5.79 Å². The summed E-state index contributed by atoms with van der Waals surface area (Å²) in [6.45, 7) is 5.84. The van der Waals surface area contributed by atoms with E-state index in [1.54, 1.807) is 6.26 Å². The van der Waals surface area contributed by atoms with Crippen LogP contribution in [0.2, 0.25) is 0 Å². The fourth-order valence-electron chi connectivity index (χ4n) is 1.08. The Hall–Kier alpha value is -1.10. The van der Waals surface area contributed by atoms with Crippen LogP contribution in [0, 0.1) is 11.8 Å². The third-order valence-corrected chi connectivity index (χ3v) is 1.65. The zero-order valence-electron chi connectivity index (χ0n) is 8.52. The first kappa shape index (κ1) is 9.98. The van der Waals surface area contributed by atoms with E-state index >= 15 is 0 Å². The second-order valence-electron chi connectivity index (χ2n) is 3.41. The van der Waals surface area contributed by atoms with E-state index in [1.165, 1.54) is 0 Å². The van der Waals surface area contributed by atoms with E-state index in [0.717, 1.165) is 25.0 Å². The molecule has 0 radical (unpaired) electrons. The molecule has 0 aromatic heterocycles. The number of allylic oxidation sites excluding steroid dienone is 1. The monoisotopic (exact) mass is 180 g/mol. The van der Waals surface area contributed by atoms with Crippen LogP contribution < -0.4 is 0 Å². The van der Waals surface area contributed by atoms with Crippen molar-refractivity contribution in [1.29, 1.82) is 0 Å². The van der Waals surface area contributed by atoms with E-state index in [9.17, 15) is 0 Å². The minimum absolute atomic E-state index is 0.479. The Morgan fingerprint density at radius 2 is 2.15 bits per heavy atom. The molecule has 72 valence electrons. The van der Waals surface area contributed by atoms with Crippen LogP contribution in [0.4, 0.5) is 0 Å². The van der Waals surface area contributed by atoms with Gasteiger partial charge in [0.1, 0.15) is 12.0 Å². The summed E-state index contributed by atoms with van der Waals surface area (Å²) >= 11 is 0. The molecule has 0 amide bonds. The number of rotatable bonds is 2. The predicted octanol–water partition coefficient (Wildman–Crippen LogP) is 2.80. The third-order valence-electron chi connectivity index (χ3n) is 1.65. The molecular weight excluding hydrogens is 164 g/mol. The summed E-state index contributed by atoms with van der Waals surface area (Å²) in [6, 6.07) is 0. The second-order valence-corrected chi connectivity index (χ2v) is 3.41. The quantitative estimate of drug-likeness (QED) is 0.608. The molecule has 13 heavy (non-hydrogen) atoms. The predicted molar refractivity (Wildman–Crippen MR) is 51.6 cm³/mol. The van der Waals surface area contributed by atoms with E-state index in [1.807, 2.05) is 20.8 Å². The Kier molecular flexibility index (Phi) is 3.25. The molecule has 0 atom stereocenters. The molecule has 1 aliphatic heterocycles. The molecule has 0 bridgehead atoms. The molecule has 0 N–H and O–H groups in total. The van der Waals surface area contributed by atoms with Gasteiger partial charge >= 0.3 is 0 Å². The minimum Gasteiger partial charge on any atom is -0.457 e. The van der Waals surface area contributed by atoms with Crippen molar-refractivity contribution in [1.82, 2.24) is 0 Å². The Morgan fingerprint density at radius 3 is 2.69 bits per heavy atom. The lowest BCUT2D eigenvalue weighted by Crippen LogP contribution is -2.20. The van der Waals surface area contributed by atoms with Crippen molar-refractivity contribution < 1.29 is 9.47 Å². The van der Waals surface area contributed by atoms with Gasteiger partial charge in [-0.1, -0.05) is 6.92 Å². The Balaban J connectivity index is 2.25. The highest BCUT2D eigenvalue weighted by molar-refractivity contribution is 5.03. The highest BCUT2D eigenvalue weighted by Gasteiger charge is 2.26. The van der Waals surface area contributed by atoms with Crippen molar-refractivity contribution in [2.45, 2.75) is 45.8 Å². The molecule has 0 saturated heterocycles. The summed E-state index contributed by atoms with van der Waals surface area (Å²) in [5.41, 5.74) is 0. The first-order chi connectivity index (χ1) is 6.14. The van der Waals surface area contributed by atoms with Crippen molar-refractivity contribution in [2.75, 3.05) is 0 Å². The van der Waals surface area contributed by atoms with Gasteiger partial charge in [0, 0.05) is 33.1 Å². The fraction of sp³-hybridized carbons (Fsp3) is 0.636. The topological polar surface area (TPSA) is 18.5 Å². The van der Waals surface area contributed by atoms with Crippen molar-refractivity contribution in [2.24, 2.45) is 0 Å². The lowest BCUT2D eigenvalue weighted by molar-refractivity contribution is -0.117. The molecule has 1 heterocycles. The molecule has 0 aliphatic carbocycles. The number of hydrogen-bond acceptors (Lipinski definition) is 2. The second kappa shape index (κ2) is 4.23. The molecule has 0 aromatic carbocycles. The Labute approximate surface area is 79.9 Å². The van der Waals surface area contributed by atoms with Crippen LogP contribution in [0.5, 0.6) is 0 Å². The van der Waals surface area contributed by atoms with Gasteiger partial charge in [-0.2, -0.15) is 0 Å². The molecular formula is C11H16O2. The molecule has 0 spiro atoms. The molecule has 0 aromatic rings. The van der Waals surface area contributed by atoms with E-state index in [0.29, 0.717) is 0 Å².